The van der Waals surface area contributed by atoms with Crippen LogP contribution in [0.2, 0.25) is 0 Å². The lowest BCUT2D eigenvalue weighted by molar-refractivity contribution is 0.0992. The van der Waals surface area contributed by atoms with Crippen molar-refractivity contribution >= 4 is 5.96 Å². The Morgan fingerprint density at radius 1 is 1.50 bits per heavy atom. The maximum Gasteiger partial charge on any atom is 0.191 e. The number of fused-ring (bicyclic) bond motifs is 2. The van der Waals surface area contributed by atoms with E-state index in [0.717, 1.165) is 19.3 Å². The van der Waals surface area contributed by atoms with Crippen LogP contribution in [0.15, 0.2) is 23.2 Å². The Balaban J connectivity index is 1.56. The molecule has 2 heterocycles. The quantitative estimate of drug-likeness (QED) is 0.658. The number of nitriles is 1. The van der Waals surface area contributed by atoms with Gasteiger partial charge < -0.3 is 15.4 Å². The van der Waals surface area contributed by atoms with E-state index in [-0.39, 0.29) is 18.0 Å². The Bertz CT molecular complexity index is 625. The molecule has 6 heteroatoms. The Kier molecular flexibility index (Phi) is 4.25. The van der Waals surface area contributed by atoms with Gasteiger partial charge in [0, 0.05) is 19.2 Å². The third-order valence-corrected chi connectivity index (χ3v) is 4.28. The number of benzene rings is 1. The van der Waals surface area contributed by atoms with Gasteiger partial charge in [0.15, 0.2) is 5.96 Å². The maximum atomic E-state index is 13.8. The molecule has 0 spiro atoms. The Morgan fingerprint density at radius 2 is 2.36 bits per heavy atom. The summed E-state index contributed by atoms with van der Waals surface area (Å²) < 4.78 is 19.6. The van der Waals surface area contributed by atoms with E-state index in [9.17, 15) is 4.39 Å². The average Bonchev–Trinajstić information content (AvgIpc) is 3.14. The van der Waals surface area contributed by atoms with E-state index in [2.05, 4.69) is 15.6 Å². The molecule has 0 radical (unpaired) electrons. The van der Waals surface area contributed by atoms with Crippen LogP contribution in [-0.2, 0) is 11.3 Å². The predicted octanol–water partition coefficient (Wildman–Crippen LogP) is 1.68. The maximum absolute atomic E-state index is 13.8. The minimum absolute atomic E-state index is 0.259. The summed E-state index contributed by atoms with van der Waals surface area (Å²) in [6.45, 7) is 0.318. The van der Waals surface area contributed by atoms with Gasteiger partial charge in [-0.1, -0.05) is 6.07 Å². The van der Waals surface area contributed by atoms with Crippen molar-refractivity contribution in [2.24, 2.45) is 4.99 Å². The van der Waals surface area contributed by atoms with Crippen molar-refractivity contribution in [3.05, 3.63) is 35.1 Å². The van der Waals surface area contributed by atoms with E-state index in [1.54, 1.807) is 19.2 Å². The van der Waals surface area contributed by atoms with Gasteiger partial charge >= 0.3 is 0 Å². The highest BCUT2D eigenvalue weighted by Crippen LogP contribution is 2.34. The zero-order chi connectivity index (χ0) is 15.5. The lowest BCUT2D eigenvalue weighted by atomic mass is 9.96. The van der Waals surface area contributed by atoms with Gasteiger partial charge in [0.05, 0.1) is 29.9 Å². The molecule has 116 valence electrons. The molecule has 3 rings (SSSR count). The van der Waals surface area contributed by atoms with E-state index in [0.29, 0.717) is 29.7 Å². The smallest absolute Gasteiger partial charge is 0.191 e. The molecule has 0 aliphatic carbocycles. The van der Waals surface area contributed by atoms with Gasteiger partial charge in [-0.25, -0.2) is 4.39 Å². The van der Waals surface area contributed by atoms with Gasteiger partial charge in [0.25, 0.3) is 0 Å². The highest BCUT2D eigenvalue weighted by atomic mass is 19.1. The van der Waals surface area contributed by atoms with Gasteiger partial charge in [-0.05, 0) is 31.4 Å². The van der Waals surface area contributed by atoms with Crippen LogP contribution in [0.25, 0.3) is 0 Å². The summed E-state index contributed by atoms with van der Waals surface area (Å²) in [4.78, 5) is 4.18. The molecular weight excluding hydrogens is 283 g/mol. The SMILES string of the molecule is CN=C(NCc1ccc(C#N)cc1F)NC1CC2CCC1O2. The van der Waals surface area contributed by atoms with Gasteiger partial charge in [-0.15, -0.1) is 0 Å². The number of rotatable bonds is 3. The summed E-state index contributed by atoms with van der Waals surface area (Å²) in [5.74, 6) is 0.259. The second-order valence-electron chi connectivity index (χ2n) is 5.70. The fourth-order valence-electron chi connectivity index (χ4n) is 3.10. The first-order valence-corrected chi connectivity index (χ1v) is 7.50. The molecular formula is C16H19FN4O. The van der Waals surface area contributed by atoms with Crippen molar-refractivity contribution in [3.63, 3.8) is 0 Å². The third-order valence-electron chi connectivity index (χ3n) is 4.28. The van der Waals surface area contributed by atoms with Gasteiger partial charge in [0.1, 0.15) is 5.82 Å². The Labute approximate surface area is 129 Å². The summed E-state index contributed by atoms with van der Waals surface area (Å²) in [5, 5.41) is 15.2. The molecule has 0 aromatic heterocycles. The number of aliphatic imine (C=N–C) groups is 1. The molecule has 3 unspecified atom stereocenters. The Morgan fingerprint density at radius 3 is 2.95 bits per heavy atom. The van der Waals surface area contributed by atoms with Crippen molar-refractivity contribution in [3.8, 4) is 6.07 Å². The van der Waals surface area contributed by atoms with Crippen molar-refractivity contribution in [1.29, 1.82) is 5.26 Å². The van der Waals surface area contributed by atoms with Gasteiger partial charge in [-0.3, -0.25) is 4.99 Å². The number of nitrogens with zero attached hydrogens (tertiary/aromatic N) is 2. The van der Waals surface area contributed by atoms with Crippen molar-refractivity contribution in [1.82, 2.24) is 10.6 Å². The molecule has 2 N–H and O–H groups in total. The minimum Gasteiger partial charge on any atom is -0.373 e. The number of guanidine groups is 1. The standard InChI is InChI=1S/C16H19FN4O/c1-19-16(21-14-7-12-4-5-15(14)22-12)20-9-11-3-2-10(8-18)6-13(11)17/h2-3,6,12,14-15H,4-5,7,9H2,1H3,(H2,19,20,21). The largest absolute Gasteiger partial charge is 0.373 e. The first-order chi connectivity index (χ1) is 10.7. The van der Waals surface area contributed by atoms with Crippen LogP contribution in [0.3, 0.4) is 0 Å². The van der Waals surface area contributed by atoms with Gasteiger partial charge in [0.2, 0.25) is 0 Å². The molecule has 1 aromatic carbocycles. The van der Waals surface area contributed by atoms with E-state index >= 15 is 0 Å². The summed E-state index contributed by atoms with van der Waals surface area (Å²) in [7, 11) is 1.69. The van der Waals surface area contributed by atoms with E-state index in [1.807, 2.05) is 6.07 Å². The van der Waals surface area contributed by atoms with Crippen LogP contribution in [0.1, 0.15) is 30.4 Å². The number of hydrogen-bond acceptors (Lipinski definition) is 3. The molecule has 2 saturated heterocycles. The normalized spacial score (nSPS) is 26.8. The average molecular weight is 302 g/mol. The first-order valence-electron chi connectivity index (χ1n) is 7.50. The highest BCUT2D eigenvalue weighted by molar-refractivity contribution is 5.80. The summed E-state index contributed by atoms with van der Waals surface area (Å²) in [6.07, 6.45) is 3.86. The summed E-state index contributed by atoms with van der Waals surface area (Å²) in [6, 6.07) is 6.68. The topological polar surface area (TPSA) is 69.4 Å². The van der Waals surface area contributed by atoms with Crippen LogP contribution in [0.5, 0.6) is 0 Å². The second-order valence-corrected chi connectivity index (χ2v) is 5.70. The first kappa shape index (κ1) is 14.8. The summed E-state index contributed by atoms with van der Waals surface area (Å²) >= 11 is 0. The van der Waals surface area contributed by atoms with Crippen molar-refractivity contribution < 1.29 is 9.13 Å². The molecule has 22 heavy (non-hydrogen) atoms. The lowest BCUT2D eigenvalue weighted by Gasteiger charge is -2.22. The highest BCUT2D eigenvalue weighted by Gasteiger charge is 2.41. The van der Waals surface area contributed by atoms with E-state index in [1.165, 1.54) is 6.07 Å². The predicted molar refractivity (Wildman–Crippen MR) is 80.7 cm³/mol. The number of nitrogens with one attached hydrogen (secondary N) is 2. The van der Waals surface area contributed by atoms with Crippen LogP contribution < -0.4 is 10.6 Å². The molecule has 5 nitrogen and oxygen atoms in total. The third kappa shape index (κ3) is 3.04. The molecule has 2 bridgehead atoms. The fourth-order valence-corrected chi connectivity index (χ4v) is 3.10. The van der Waals surface area contributed by atoms with Crippen LogP contribution in [0, 0.1) is 17.1 Å². The Hall–Kier alpha value is -2.13. The molecule has 0 saturated carbocycles. The minimum atomic E-state index is -0.384. The van der Waals surface area contributed by atoms with E-state index in [4.69, 9.17) is 10.00 Å². The molecule has 2 fully saturated rings. The zero-order valence-corrected chi connectivity index (χ0v) is 12.5. The van der Waals surface area contributed by atoms with Crippen LogP contribution in [0.4, 0.5) is 4.39 Å². The van der Waals surface area contributed by atoms with Crippen LogP contribution in [-0.4, -0.2) is 31.3 Å². The van der Waals surface area contributed by atoms with Gasteiger partial charge in [-0.2, -0.15) is 5.26 Å². The molecule has 2 aliphatic rings. The lowest BCUT2D eigenvalue weighted by Crippen LogP contribution is -2.47. The monoisotopic (exact) mass is 302 g/mol. The molecule has 1 aromatic rings. The van der Waals surface area contributed by atoms with Crippen molar-refractivity contribution in [2.75, 3.05) is 7.05 Å². The fraction of sp³-hybridized carbons (Fsp3) is 0.500. The van der Waals surface area contributed by atoms with Crippen LogP contribution >= 0.6 is 0 Å². The molecule has 0 amide bonds. The second kappa shape index (κ2) is 6.32. The molecule has 2 aliphatic heterocycles. The van der Waals surface area contributed by atoms with E-state index < -0.39 is 0 Å². The summed E-state index contributed by atoms with van der Waals surface area (Å²) in [5.41, 5.74) is 0.828. The number of hydrogen-bond donors (Lipinski definition) is 2. The number of halogens is 1. The zero-order valence-electron chi connectivity index (χ0n) is 12.5. The number of ether oxygens (including phenoxy) is 1. The molecule has 3 atom stereocenters. The van der Waals surface area contributed by atoms with Crippen molar-refractivity contribution in [2.45, 2.75) is 44.1 Å².